The summed E-state index contributed by atoms with van der Waals surface area (Å²) in [7, 11) is 0. The monoisotopic (exact) mass is 531 g/mol. The summed E-state index contributed by atoms with van der Waals surface area (Å²) in [5, 5.41) is 38.5. The van der Waals surface area contributed by atoms with E-state index < -0.39 is 12.7 Å². The van der Waals surface area contributed by atoms with Gasteiger partial charge in [0.15, 0.2) is 0 Å². The normalized spacial score (nSPS) is 11.5. The van der Waals surface area contributed by atoms with Crippen molar-refractivity contribution in [2.24, 2.45) is 0 Å². The summed E-state index contributed by atoms with van der Waals surface area (Å²) >= 11 is 1.23. The quantitative estimate of drug-likeness (QED) is 0.267. The Balaban J connectivity index is 1.63. The molecule has 1 atom stereocenters. The first-order chi connectivity index (χ1) is 18.3. The Bertz CT molecular complexity index is 1530. The van der Waals surface area contributed by atoms with Gasteiger partial charge in [-0.25, -0.2) is 14.4 Å². The minimum Gasteiger partial charge on any atom is -0.491 e. The Kier molecular flexibility index (Phi) is 8.24. The summed E-state index contributed by atoms with van der Waals surface area (Å²) < 4.78 is 24.4. The molecule has 0 aliphatic heterocycles. The van der Waals surface area contributed by atoms with E-state index >= 15 is 0 Å². The van der Waals surface area contributed by atoms with E-state index in [0.717, 1.165) is 0 Å². The molecule has 0 spiro atoms. The highest BCUT2D eigenvalue weighted by atomic mass is 32.2. The Morgan fingerprint density at radius 3 is 2.34 bits per heavy atom. The number of benzene rings is 2. The molecule has 11 heteroatoms. The molecule has 2 aromatic carbocycles. The molecule has 0 fully saturated rings. The number of ether oxygens (including phenoxy) is 1. The highest BCUT2D eigenvalue weighted by Gasteiger charge is 2.22. The van der Waals surface area contributed by atoms with Crippen molar-refractivity contribution < 1.29 is 23.8 Å². The van der Waals surface area contributed by atoms with Crippen molar-refractivity contribution in [3.8, 4) is 40.5 Å². The summed E-state index contributed by atoms with van der Waals surface area (Å²) in [5.41, 5.74) is 8.52. The number of aryl methyl sites for hydroxylation is 1. The number of nitrogens with zero attached hydrogens (tertiary/aromatic N) is 4. The van der Waals surface area contributed by atoms with Gasteiger partial charge in [0.1, 0.15) is 58.6 Å². The van der Waals surface area contributed by atoms with Gasteiger partial charge < -0.3 is 25.1 Å². The van der Waals surface area contributed by atoms with E-state index in [2.05, 4.69) is 16.0 Å². The van der Waals surface area contributed by atoms with Gasteiger partial charge >= 0.3 is 0 Å². The first kappa shape index (κ1) is 26.6. The van der Waals surface area contributed by atoms with Crippen molar-refractivity contribution in [2.75, 3.05) is 18.9 Å². The van der Waals surface area contributed by atoms with Crippen LogP contribution in [-0.4, -0.2) is 39.5 Å². The lowest BCUT2D eigenvalue weighted by Gasteiger charge is -2.14. The number of aromatic nitrogens is 2. The van der Waals surface area contributed by atoms with Crippen molar-refractivity contribution in [1.82, 2.24) is 9.97 Å². The molecule has 4 N–H and O–H groups in total. The third-order valence-electron chi connectivity index (χ3n) is 5.54. The van der Waals surface area contributed by atoms with Crippen LogP contribution >= 0.6 is 11.8 Å². The number of aliphatic hydroxyl groups excluding tert-OH is 2. The number of aliphatic hydroxyl groups is 2. The summed E-state index contributed by atoms with van der Waals surface area (Å²) in [6.45, 7) is 1.25. The molecule has 0 aliphatic carbocycles. The van der Waals surface area contributed by atoms with E-state index in [-0.39, 0.29) is 29.4 Å². The Labute approximate surface area is 222 Å². The average Bonchev–Trinajstić information content (AvgIpc) is 3.30. The van der Waals surface area contributed by atoms with Crippen LogP contribution in [0.3, 0.4) is 0 Å². The van der Waals surface area contributed by atoms with Crippen molar-refractivity contribution >= 4 is 17.6 Å². The van der Waals surface area contributed by atoms with Crippen molar-refractivity contribution in [2.45, 2.75) is 23.8 Å². The smallest absolute Gasteiger partial charge is 0.226 e. The van der Waals surface area contributed by atoms with Gasteiger partial charge in [-0.1, -0.05) is 23.9 Å². The van der Waals surface area contributed by atoms with Crippen LogP contribution in [0.15, 0.2) is 58.0 Å². The number of thioether (sulfide) groups is 1. The molecule has 0 aliphatic rings. The van der Waals surface area contributed by atoms with E-state index in [4.69, 9.17) is 20.0 Å². The number of anilines is 1. The molecular weight excluding hydrogens is 509 g/mol. The van der Waals surface area contributed by atoms with Crippen LogP contribution in [0.5, 0.6) is 5.75 Å². The van der Waals surface area contributed by atoms with E-state index in [1.165, 1.54) is 23.9 Å². The third kappa shape index (κ3) is 5.76. The molecule has 4 rings (SSSR count). The SMILES string of the molecule is Cc1oc(-c2ccc(F)cc2)nc1CSc1nc(N)c(C#N)c(-c2ccc(OC[C@@H](O)CO)cc2)c1C#N. The third-order valence-corrected chi connectivity index (χ3v) is 6.53. The molecule has 9 nitrogen and oxygen atoms in total. The van der Waals surface area contributed by atoms with Gasteiger partial charge in [0, 0.05) is 16.9 Å². The largest absolute Gasteiger partial charge is 0.491 e. The van der Waals surface area contributed by atoms with Gasteiger partial charge in [-0.05, 0) is 48.9 Å². The molecule has 0 radical (unpaired) electrons. The minimum absolute atomic E-state index is 0.0146. The molecule has 4 aromatic rings. The predicted molar refractivity (Wildman–Crippen MR) is 138 cm³/mol. The van der Waals surface area contributed by atoms with Crippen LogP contribution in [-0.2, 0) is 5.75 Å². The fourth-order valence-electron chi connectivity index (χ4n) is 3.57. The number of halogens is 1. The summed E-state index contributed by atoms with van der Waals surface area (Å²) in [5.74, 6) is 1.29. The van der Waals surface area contributed by atoms with Crippen molar-refractivity contribution in [1.29, 1.82) is 10.5 Å². The zero-order valence-corrected chi connectivity index (χ0v) is 21.0. The molecule has 0 bridgehead atoms. The molecule has 38 heavy (non-hydrogen) atoms. The van der Waals surface area contributed by atoms with Crippen LogP contribution in [0.2, 0.25) is 0 Å². The lowest BCUT2D eigenvalue weighted by Crippen LogP contribution is -2.21. The zero-order chi connectivity index (χ0) is 27.2. The highest BCUT2D eigenvalue weighted by Crippen LogP contribution is 2.37. The number of nitriles is 2. The van der Waals surface area contributed by atoms with E-state index in [1.807, 2.05) is 6.07 Å². The minimum atomic E-state index is -1.01. The maximum Gasteiger partial charge on any atom is 0.226 e. The standard InChI is InChI=1S/C27H22FN5O4S/c1-15-23(32-26(37-15)17-2-6-18(28)7-3-17)14-38-27-22(11-30)24(21(10-29)25(31)33-27)16-4-8-20(9-5-16)36-13-19(35)12-34/h2-9,19,34-35H,12-14H2,1H3,(H2,31,33)/t19-/m0/s1. The fourth-order valence-corrected chi connectivity index (χ4v) is 4.56. The molecular formula is C27H22FN5O4S. The fraction of sp³-hybridized carbons (Fsp3) is 0.185. The molecule has 0 unspecified atom stereocenters. The highest BCUT2D eigenvalue weighted by molar-refractivity contribution is 7.98. The zero-order valence-electron chi connectivity index (χ0n) is 20.2. The topological polar surface area (TPSA) is 162 Å². The maximum absolute atomic E-state index is 13.3. The summed E-state index contributed by atoms with van der Waals surface area (Å²) in [4.78, 5) is 8.83. The van der Waals surface area contributed by atoms with Gasteiger partial charge in [-0.2, -0.15) is 10.5 Å². The first-order valence-corrected chi connectivity index (χ1v) is 12.3. The Hall–Kier alpha value is -4.42. The van der Waals surface area contributed by atoms with Crippen LogP contribution in [0.4, 0.5) is 10.2 Å². The molecule has 0 amide bonds. The molecule has 2 heterocycles. The van der Waals surface area contributed by atoms with Gasteiger partial charge in [-0.15, -0.1) is 0 Å². The molecule has 192 valence electrons. The summed E-state index contributed by atoms with van der Waals surface area (Å²) in [6, 6.07) is 16.6. The van der Waals surface area contributed by atoms with Crippen molar-refractivity contribution in [3.63, 3.8) is 0 Å². The number of pyridine rings is 1. The predicted octanol–water partition coefficient (Wildman–Crippen LogP) is 4.20. The number of hydrogen-bond donors (Lipinski definition) is 3. The number of oxazole rings is 1. The van der Waals surface area contributed by atoms with E-state index in [9.17, 15) is 20.0 Å². The first-order valence-electron chi connectivity index (χ1n) is 11.4. The Morgan fingerprint density at radius 1 is 1.05 bits per heavy atom. The van der Waals surface area contributed by atoms with Crippen molar-refractivity contribution in [3.05, 3.63) is 76.9 Å². The van der Waals surface area contributed by atoms with Crippen LogP contribution in [0.25, 0.3) is 22.6 Å². The average molecular weight is 532 g/mol. The molecule has 2 aromatic heterocycles. The van der Waals surface area contributed by atoms with Gasteiger partial charge in [0.2, 0.25) is 5.89 Å². The number of nitrogens with two attached hydrogens (primary N) is 1. The lowest BCUT2D eigenvalue weighted by atomic mass is 9.97. The molecule has 0 saturated heterocycles. The van der Waals surface area contributed by atoms with Gasteiger partial charge in [0.05, 0.1) is 17.9 Å². The second kappa shape index (κ2) is 11.8. The number of rotatable bonds is 9. The molecule has 0 saturated carbocycles. The second-order valence-corrected chi connectivity index (χ2v) is 9.10. The summed E-state index contributed by atoms with van der Waals surface area (Å²) in [6.07, 6.45) is -1.01. The Morgan fingerprint density at radius 2 is 1.71 bits per heavy atom. The van der Waals surface area contributed by atoms with Gasteiger partial charge in [0.25, 0.3) is 0 Å². The van der Waals surface area contributed by atoms with E-state index in [0.29, 0.717) is 50.6 Å². The number of hydrogen-bond acceptors (Lipinski definition) is 10. The van der Waals surface area contributed by atoms with Crippen LogP contribution in [0, 0.1) is 35.4 Å². The van der Waals surface area contributed by atoms with E-state index in [1.54, 1.807) is 43.3 Å². The maximum atomic E-state index is 13.3. The van der Waals surface area contributed by atoms with Crippen LogP contribution in [0.1, 0.15) is 22.6 Å². The van der Waals surface area contributed by atoms with Gasteiger partial charge in [-0.3, -0.25) is 0 Å². The lowest BCUT2D eigenvalue weighted by molar-refractivity contribution is 0.0536. The van der Waals surface area contributed by atoms with Crippen LogP contribution < -0.4 is 10.5 Å². The number of nitrogen functional groups attached to an aromatic ring is 1. The second-order valence-electron chi connectivity index (χ2n) is 8.14.